The molecule has 0 saturated carbocycles. The van der Waals surface area contributed by atoms with Crippen LogP contribution >= 0.6 is 34.0 Å². The summed E-state index contributed by atoms with van der Waals surface area (Å²) in [7, 11) is -3.89. The summed E-state index contributed by atoms with van der Waals surface area (Å²) in [5, 5.41) is 14.1. The Kier molecular flexibility index (Phi) is 15.8. The predicted octanol–water partition coefficient (Wildman–Crippen LogP) is 0.495. The number of fused-ring (bicyclic) bond motifs is 6. The molecule has 4 fully saturated rings. The minimum absolute atomic E-state index is 0.0521. The summed E-state index contributed by atoms with van der Waals surface area (Å²) in [6.07, 6.45) is -2.91. The van der Waals surface area contributed by atoms with Gasteiger partial charge in [0.25, 0.3) is 17.9 Å². The molecule has 0 spiro atoms. The topological polar surface area (TPSA) is 222 Å². The Hall–Kier alpha value is -4.13. The Bertz CT molecular complexity index is 1700. The van der Waals surface area contributed by atoms with Gasteiger partial charge < -0.3 is 58.1 Å². The van der Waals surface area contributed by atoms with Gasteiger partial charge in [-0.1, -0.05) is 18.2 Å². The zero-order chi connectivity index (χ0) is 41.8. The van der Waals surface area contributed by atoms with Crippen molar-refractivity contribution < 1.29 is 70.9 Å². The summed E-state index contributed by atoms with van der Waals surface area (Å²) < 4.78 is 53.2. The summed E-state index contributed by atoms with van der Waals surface area (Å²) in [6, 6.07) is 10.9. The van der Waals surface area contributed by atoms with E-state index in [1.807, 2.05) is 52.5 Å². The van der Waals surface area contributed by atoms with Crippen molar-refractivity contribution in [1.82, 2.24) is 16.0 Å². The number of nitrogens with one attached hydrogen (secondary N) is 3. The highest BCUT2D eigenvalue weighted by atomic mass is 32.1. The molecule has 3 unspecified atom stereocenters. The van der Waals surface area contributed by atoms with Crippen LogP contribution in [0.25, 0.3) is 0 Å². The number of amides is 3. The van der Waals surface area contributed by atoms with E-state index in [4.69, 9.17) is 42.1 Å². The minimum atomic E-state index is -1.30. The molecule has 18 nitrogen and oxygen atoms in total. The Labute approximate surface area is 358 Å². The van der Waals surface area contributed by atoms with E-state index in [-0.39, 0.29) is 95.9 Å². The van der Waals surface area contributed by atoms with Crippen molar-refractivity contribution in [1.29, 1.82) is 0 Å². The average molecular weight is 885 g/mol. The summed E-state index contributed by atoms with van der Waals surface area (Å²) in [6.45, 7) is -1.08. The number of hydrogen-bond donors (Lipinski definition) is 3. The van der Waals surface area contributed by atoms with Gasteiger partial charge in [-0.2, -0.15) is 0 Å². The van der Waals surface area contributed by atoms with Crippen LogP contribution in [0.2, 0.25) is 0 Å². The third kappa shape index (κ3) is 13.2. The van der Waals surface area contributed by atoms with Crippen molar-refractivity contribution in [3.8, 4) is 0 Å². The largest absolute Gasteiger partial charge is 0.554 e. The van der Waals surface area contributed by atoms with Gasteiger partial charge in [0, 0.05) is 14.6 Å². The van der Waals surface area contributed by atoms with E-state index in [0.717, 1.165) is 14.6 Å². The molecule has 7 rings (SSSR count). The molecule has 4 aliphatic heterocycles. The van der Waals surface area contributed by atoms with E-state index in [9.17, 15) is 28.8 Å². The maximum absolute atomic E-state index is 13.2. The van der Waals surface area contributed by atoms with Crippen LogP contribution in [0.4, 0.5) is 0 Å². The normalized spacial score (nSPS) is 25.8. The minimum Gasteiger partial charge on any atom is -0.508 e. The molecule has 0 radical (unpaired) electrons. The Balaban J connectivity index is 1.11. The lowest BCUT2D eigenvalue weighted by molar-refractivity contribution is -0.147. The fourth-order valence-corrected chi connectivity index (χ4v) is 8.86. The first-order valence-electron chi connectivity index (χ1n) is 19.3. The van der Waals surface area contributed by atoms with E-state index >= 15 is 0 Å². The lowest BCUT2D eigenvalue weighted by Gasteiger charge is -2.33. The molecule has 4 saturated heterocycles. The van der Waals surface area contributed by atoms with Crippen molar-refractivity contribution in [2.75, 3.05) is 39.6 Å². The lowest BCUT2D eigenvalue weighted by Crippen LogP contribution is -2.58. The number of hydrogen-bond acceptors (Lipinski definition) is 18. The van der Waals surface area contributed by atoms with Crippen molar-refractivity contribution in [2.24, 2.45) is 0 Å². The van der Waals surface area contributed by atoms with Gasteiger partial charge >= 0.3 is 21.4 Å². The number of carbonyl (C=O) groups excluding carboxylic acids is 6. The van der Waals surface area contributed by atoms with E-state index < -0.39 is 75.4 Å². The van der Waals surface area contributed by atoms with Crippen molar-refractivity contribution in [3.05, 3.63) is 67.2 Å². The molecule has 3 aromatic rings. The lowest BCUT2D eigenvalue weighted by atomic mass is 9.76. The van der Waals surface area contributed by atoms with Crippen LogP contribution < -0.4 is 16.0 Å². The van der Waals surface area contributed by atoms with Gasteiger partial charge in [0.05, 0.1) is 96.5 Å². The van der Waals surface area contributed by atoms with Gasteiger partial charge in [0.1, 0.15) is 17.8 Å². The zero-order valence-electron chi connectivity index (χ0n) is 32.2. The molecular weight excluding hydrogens is 843 g/mol. The van der Waals surface area contributed by atoms with Gasteiger partial charge in [-0.3, -0.25) is 28.8 Å². The number of thiophene rings is 3. The van der Waals surface area contributed by atoms with Crippen molar-refractivity contribution in [3.63, 3.8) is 0 Å². The highest BCUT2D eigenvalue weighted by Crippen LogP contribution is 2.21. The highest BCUT2D eigenvalue weighted by molar-refractivity contribution is 7.10. The highest BCUT2D eigenvalue weighted by Gasteiger charge is 2.46. The molecule has 7 heterocycles. The number of rotatable bonds is 9. The molecular formula is C36H42B3N3O15S3. The van der Waals surface area contributed by atoms with Gasteiger partial charge in [0.2, 0.25) is 17.7 Å². The molecule has 24 heteroatoms. The molecule has 4 aliphatic rings. The first kappa shape index (κ1) is 43.9. The Morgan fingerprint density at radius 2 is 0.800 bits per heavy atom. The molecule has 318 valence electrons. The molecule has 6 atom stereocenters. The zero-order valence-corrected chi connectivity index (χ0v) is 34.7. The quantitative estimate of drug-likeness (QED) is 0.249. The van der Waals surface area contributed by atoms with Crippen LogP contribution in [-0.2, 0) is 90.2 Å². The average Bonchev–Trinajstić information content (AvgIpc) is 4.02. The van der Waals surface area contributed by atoms with E-state index in [1.54, 1.807) is 0 Å². The Morgan fingerprint density at radius 3 is 1.07 bits per heavy atom. The van der Waals surface area contributed by atoms with E-state index in [2.05, 4.69) is 16.0 Å². The smallest absolute Gasteiger partial charge is 0.508 e. The standard InChI is InChI=1S/C36H42B3N3O15S3/c43-31(13-25-4-1-7-58-25)40-28-19-49-16-23-11-35(47)56-38(53-23)30(42-33(45)15-27-6-3-9-60-27)21-51-18-24-12-36(48)57-39(54-24)29(41-32(44)14-26-5-2-8-59-26)20-50-17-22-10-34(46)55-37(28)52-22/h1-9,22-24,28-30H,10-21H2,(H,40,43)(H,41,44)(H,42,45)/t22?,23?,24?,28-,29-,30-/m0/s1. The maximum Gasteiger partial charge on any atom is 0.554 e. The second kappa shape index (κ2) is 21.6. The van der Waals surface area contributed by atoms with Gasteiger partial charge in [-0.15, -0.1) is 34.0 Å². The fraction of sp³-hybridized carbons (Fsp3) is 0.500. The van der Waals surface area contributed by atoms with Crippen molar-refractivity contribution in [2.45, 2.75) is 74.7 Å². The summed E-state index contributed by atoms with van der Waals surface area (Å²) in [4.78, 5) is 80.9. The van der Waals surface area contributed by atoms with Gasteiger partial charge in [-0.05, 0) is 34.3 Å². The van der Waals surface area contributed by atoms with Crippen LogP contribution in [0.15, 0.2) is 52.5 Å². The molecule has 3 amide bonds. The summed E-state index contributed by atoms with van der Waals surface area (Å²) in [5.74, 6) is -5.98. The monoisotopic (exact) mass is 885 g/mol. The summed E-state index contributed by atoms with van der Waals surface area (Å²) >= 11 is 4.22. The second-order valence-corrected chi connectivity index (χ2v) is 17.5. The third-order valence-corrected chi connectivity index (χ3v) is 12.1. The van der Waals surface area contributed by atoms with Crippen LogP contribution in [0, 0.1) is 0 Å². The van der Waals surface area contributed by atoms with Gasteiger partial charge in [0.15, 0.2) is 0 Å². The SMILES string of the molecule is O=C(Cc1cccs1)N[C@H]1COCC2CC(=O)OB(O2)[C@@H](NC(=O)Cc2cccs2)COCC2CC(=O)OB(O2)[C@@H](NC(=O)Cc2cccs2)COCC2CC(=O)OB1O2. The number of ether oxygens (including phenoxy) is 3. The first-order valence-corrected chi connectivity index (χ1v) is 22.0. The molecule has 3 aromatic heterocycles. The summed E-state index contributed by atoms with van der Waals surface area (Å²) in [5.41, 5.74) is 0. The van der Waals surface area contributed by atoms with Crippen molar-refractivity contribution >= 4 is 91.0 Å². The van der Waals surface area contributed by atoms with Crippen LogP contribution in [0.1, 0.15) is 33.9 Å². The Morgan fingerprint density at radius 1 is 0.500 bits per heavy atom. The van der Waals surface area contributed by atoms with Crippen LogP contribution in [0.3, 0.4) is 0 Å². The molecule has 6 bridgehead atoms. The molecule has 60 heavy (non-hydrogen) atoms. The molecule has 0 aliphatic carbocycles. The second-order valence-electron chi connectivity index (χ2n) is 14.4. The maximum atomic E-state index is 13.2. The van der Waals surface area contributed by atoms with E-state index in [0.29, 0.717) is 0 Å². The third-order valence-electron chi connectivity index (χ3n) is 9.48. The van der Waals surface area contributed by atoms with Crippen LogP contribution in [-0.4, -0.2) is 133 Å². The molecule has 0 aromatic carbocycles. The van der Waals surface area contributed by atoms with E-state index in [1.165, 1.54) is 34.0 Å². The first-order chi connectivity index (χ1) is 29.1. The predicted molar refractivity (Wildman–Crippen MR) is 216 cm³/mol. The van der Waals surface area contributed by atoms with Crippen LogP contribution in [0.5, 0.6) is 0 Å². The molecule has 3 N–H and O–H groups in total. The number of carbonyl (C=O) groups is 6. The van der Waals surface area contributed by atoms with Gasteiger partial charge in [-0.25, -0.2) is 0 Å². The fourth-order valence-electron chi connectivity index (χ4n) is 6.74.